The van der Waals surface area contributed by atoms with Crippen LogP contribution in [0, 0.1) is 11.3 Å². The van der Waals surface area contributed by atoms with Crippen LogP contribution in [0.4, 0.5) is 17.1 Å². The third kappa shape index (κ3) is 9.74. The summed E-state index contributed by atoms with van der Waals surface area (Å²) in [6.45, 7) is 4.44. The summed E-state index contributed by atoms with van der Waals surface area (Å²) in [7, 11) is 0. The molecule has 0 atom stereocenters. The van der Waals surface area contributed by atoms with Crippen LogP contribution >= 0.6 is 34.0 Å². The molecule has 0 aliphatic heterocycles. The van der Waals surface area contributed by atoms with Crippen molar-refractivity contribution in [2.75, 3.05) is 4.90 Å². The van der Waals surface area contributed by atoms with Crippen molar-refractivity contribution in [3.05, 3.63) is 132 Å². The number of rotatable bonds is 19. The number of hydrogen-bond donors (Lipinski definition) is 1. The number of thiophene rings is 1. The summed E-state index contributed by atoms with van der Waals surface area (Å²) in [4.78, 5) is 28.8. The van der Waals surface area contributed by atoms with Gasteiger partial charge in [0, 0.05) is 32.9 Å². The number of carboxylic acid groups (broad SMARTS) is 1. The second-order valence-corrected chi connectivity index (χ2v) is 17.2. The number of para-hydroxylation sites is 2. The summed E-state index contributed by atoms with van der Waals surface area (Å²) < 4.78 is 6.12. The number of nitriles is 1. The first-order valence-corrected chi connectivity index (χ1v) is 22.5. The van der Waals surface area contributed by atoms with E-state index in [1.54, 1.807) is 46.1 Å². The highest BCUT2D eigenvalue weighted by Crippen LogP contribution is 2.45. The molecule has 0 saturated carbocycles. The van der Waals surface area contributed by atoms with Gasteiger partial charge in [-0.15, -0.1) is 34.0 Å². The van der Waals surface area contributed by atoms with Crippen LogP contribution in [0.1, 0.15) is 82.4 Å². The van der Waals surface area contributed by atoms with E-state index < -0.39 is 5.97 Å². The molecule has 0 aliphatic rings. The summed E-state index contributed by atoms with van der Waals surface area (Å²) in [6.07, 6.45) is 12.0. The molecule has 0 radical (unpaired) electrons. The van der Waals surface area contributed by atoms with Crippen molar-refractivity contribution in [2.24, 2.45) is 0 Å². The van der Waals surface area contributed by atoms with Gasteiger partial charge in [0.25, 0.3) is 0 Å². The lowest BCUT2D eigenvalue weighted by molar-refractivity contribution is -0.132. The molecule has 4 heterocycles. The maximum Gasteiger partial charge on any atom is 0.346 e. The number of carbonyl (C=O) groups is 1. The molecule has 7 nitrogen and oxygen atoms in total. The minimum Gasteiger partial charge on any atom is -0.477 e. The van der Waals surface area contributed by atoms with Crippen molar-refractivity contribution in [3.63, 3.8) is 0 Å². The lowest BCUT2D eigenvalue weighted by atomic mass is 10.1. The number of thiazole rings is 2. The fourth-order valence-electron chi connectivity index (χ4n) is 6.88. The molecule has 0 unspecified atom stereocenters. The van der Waals surface area contributed by atoms with E-state index in [-0.39, 0.29) is 5.57 Å². The Morgan fingerprint density at radius 1 is 0.672 bits per heavy atom. The highest BCUT2D eigenvalue weighted by Gasteiger charge is 2.23. The lowest BCUT2D eigenvalue weighted by Gasteiger charge is -2.25. The summed E-state index contributed by atoms with van der Waals surface area (Å²) in [5.41, 5.74) is 6.19. The van der Waals surface area contributed by atoms with Gasteiger partial charge < -0.3 is 14.4 Å². The molecule has 0 amide bonds. The molecule has 7 aromatic rings. The van der Waals surface area contributed by atoms with Crippen LogP contribution in [0.2, 0.25) is 0 Å². The van der Waals surface area contributed by atoms with Crippen LogP contribution in [-0.2, 0) is 17.6 Å². The summed E-state index contributed by atoms with van der Waals surface area (Å²) in [6, 6.07) is 39.5. The molecular weight excluding hydrogens is 777 g/mol. The summed E-state index contributed by atoms with van der Waals surface area (Å²) in [5.74, 6) is -0.351. The fourth-order valence-corrected chi connectivity index (χ4v) is 10.2. The topological polar surface area (TPSA) is 103 Å². The van der Waals surface area contributed by atoms with Crippen LogP contribution in [0.25, 0.3) is 46.9 Å². The number of furan rings is 1. The normalized spacial score (nSPS) is 11.5. The Bertz CT molecular complexity index is 2450. The zero-order valence-electron chi connectivity index (χ0n) is 32.8. The fraction of sp³-hybridized carbons (Fsp3) is 0.250. The maximum atomic E-state index is 11.5. The molecule has 58 heavy (non-hydrogen) atoms. The van der Waals surface area contributed by atoms with Gasteiger partial charge in [0.2, 0.25) is 0 Å². The predicted octanol–water partition coefficient (Wildman–Crippen LogP) is 14.6. The van der Waals surface area contributed by atoms with E-state index in [0.717, 1.165) is 88.3 Å². The lowest BCUT2D eigenvalue weighted by Crippen LogP contribution is -2.09. The van der Waals surface area contributed by atoms with E-state index in [0.29, 0.717) is 11.5 Å². The van der Waals surface area contributed by atoms with Crippen molar-refractivity contribution < 1.29 is 14.3 Å². The quantitative estimate of drug-likeness (QED) is 0.0492. The van der Waals surface area contributed by atoms with Gasteiger partial charge in [0.1, 0.15) is 23.2 Å². The monoisotopic (exact) mass is 822 g/mol. The molecular formula is C48H46N4O3S3. The summed E-state index contributed by atoms with van der Waals surface area (Å²) >= 11 is 5.07. The molecule has 4 aromatic heterocycles. The van der Waals surface area contributed by atoms with E-state index in [4.69, 9.17) is 14.4 Å². The zero-order chi connectivity index (χ0) is 40.3. The molecule has 1 N–H and O–H groups in total. The van der Waals surface area contributed by atoms with Crippen molar-refractivity contribution in [3.8, 4) is 46.9 Å². The molecule has 0 spiro atoms. The van der Waals surface area contributed by atoms with Gasteiger partial charge >= 0.3 is 5.97 Å². The highest BCUT2D eigenvalue weighted by atomic mass is 32.1. The van der Waals surface area contributed by atoms with Gasteiger partial charge in [0.15, 0.2) is 10.0 Å². The Morgan fingerprint density at radius 3 is 1.79 bits per heavy atom. The number of anilines is 3. The van der Waals surface area contributed by atoms with E-state index in [9.17, 15) is 15.2 Å². The van der Waals surface area contributed by atoms with Crippen LogP contribution in [0.15, 0.2) is 119 Å². The van der Waals surface area contributed by atoms with Gasteiger partial charge in [-0.05, 0) is 91.9 Å². The van der Waals surface area contributed by atoms with E-state index in [2.05, 4.69) is 104 Å². The Labute approximate surface area is 352 Å². The van der Waals surface area contributed by atoms with Crippen molar-refractivity contribution in [2.45, 2.75) is 78.1 Å². The molecule has 0 saturated heterocycles. The van der Waals surface area contributed by atoms with Crippen LogP contribution in [0.3, 0.4) is 0 Å². The number of nitrogens with zero attached hydrogens (tertiary/aromatic N) is 4. The number of carboxylic acids is 1. The summed E-state index contributed by atoms with van der Waals surface area (Å²) in [5, 5.41) is 20.4. The third-order valence-electron chi connectivity index (χ3n) is 9.87. The van der Waals surface area contributed by atoms with Gasteiger partial charge in [-0.2, -0.15) is 5.26 Å². The van der Waals surface area contributed by atoms with E-state index in [1.807, 2.05) is 18.2 Å². The standard InChI is InChI=1S/C48H46N4O3S3/c1-3-5-7-15-21-39-44(41-28-27-38(55-41)31-34(32-49)48(53)54)57-46(50-39)47-51-40(22-16-8-6-4-2)45(58-47)43-30-29-42(56-43)33-23-25-37(26-24-33)52(35-17-11-9-12-18-35)36-19-13-10-14-20-36/h9-14,17-20,23-31H,3-8,15-16,21-22H2,1-2H3,(H,53,54)/b34-31+. The smallest absolute Gasteiger partial charge is 0.346 e. The Balaban J connectivity index is 1.20. The van der Waals surface area contributed by atoms with Crippen molar-refractivity contribution in [1.82, 2.24) is 9.97 Å². The average molecular weight is 823 g/mol. The minimum atomic E-state index is -1.29. The number of unbranched alkanes of at least 4 members (excludes halogenated alkanes) is 6. The van der Waals surface area contributed by atoms with Gasteiger partial charge in [-0.25, -0.2) is 14.8 Å². The number of aliphatic carboxylic acids is 1. The second-order valence-electron chi connectivity index (χ2n) is 14.1. The molecule has 294 valence electrons. The minimum absolute atomic E-state index is 0.319. The number of aromatic nitrogens is 2. The molecule has 0 aliphatic carbocycles. The highest BCUT2D eigenvalue weighted by molar-refractivity contribution is 7.27. The maximum absolute atomic E-state index is 11.5. The van der Waals surface area contributed by atoms with E-state index >= 15 is 0 Å². The number of benzene rings is 3. The SMILES string of the molecule is CCCCCCc1nc(-c2nc(CCCCCC)c(-c3ccc(-c4ccc(N(c5ccccc5)c5ccccc5)cc4)s3)s2)sc1-c1ccc(/C=C(\C#N)C(=O)O)o1. The molecule has 0 bridgehead atoms. The first kappa shape index (κ1) is 40.6. The molecule has 10 heteroatoms. The average Bonchev–Trinajstić information content (AvgIpc) is 4.08. The molecule has 7 rings (SSSR count). The Hall–Kier alpha value is -5.60. The van der Waals surface area contributed by atoms with Crippen LogP contribution < -0.4 is 4.90 Å². The van der Waals surface area contributed by atoms with Gasteiger partial charge in [-0.3, -0.25) is 0 Å². The second kappa shape index (κ2) is 19.7. The first-order valence-electron chi connectivity index (χ1n) is 20.0. The van der Waals surface area contributed by atoms with Crippen molar-refractivity contribution in [1.29, 1.82) is 5.26 Å². The third-order valence-corrected chi connectivity index (χ3v) is 13.5. The Kier molecular flexibility index (Phi) is 13.8. The van der Waals surface area contributed by atoms with Crippen LogP contribution in [0.5, 0.6) is 0 Å². The van der Waals surface area contributed by atoms with E-state index in [1.165, 1.54) is 45.5 Å². The van der Waals surface area contributed by atoms with Gasteiger partial charge in [-0.1, -0.05) is 101 Å². The van der Waals surface area contributed by atoms with Crippen molar-refractivity contribution >= 4 is 63.1 Å². The molecule has 0 fully saturated rings. The number of hydrogen-bond acceptors (Lipinski definition) is 9. The predicted molar refractivity (Wildman–Crippen MR) is 241 cm³/mol. The zero-order valence-corrected chi connectivity index (χ0v) is 35.3. The molecule has 3 aromatic carbocycles. The van der Waals surface area contributed by atoms with Gasteiger partial charge in [0.05, 0.1) is 21.1 Å². The first-order chi connectivity index (χ1) is 28.4. The number of aryl methyl sites for hydroxylation is 2. The Morgan fingerprint density at radius 2 is 1.22 bits per heavy atom. The largest absolute Gasteiger partial charge is 0.477 e. The van der Waals surface area contributed by atoms with Crippen LogP contribution in [-0.4, -0.2) is 21.0 Å².